The minimum atomic E-state index is -1.38. The highest BCUT2D eigenvalue weighted by atomic mass is 79.9. The Kier molecular flexibility index (Phi) is 5.79. The number of benzene rings is 1. The van der Waals surface area contributed by atoms with Crippen molar-refractivity contribution >= 4 is 21.8 Å². The predicted molar refractivity (Wildman–Crippen MR) is 77.3 cm³/mol. The van der Waals surface area contributed by atoms with Crippen LogP contribution in [0.2, 0.25) is 0 Å². The number of halogens is 1. The first kappa shape index (κ1) is 16.7. The molecule has 1 amide bonds. The first-order valence-corrected chi connectivity index (χ1v) is 6.67. The predicted octanol–water partition coefficient (Wildman–Crippen LogP) is 0.939. The number of amides is 1. The second-order valence-electron chi connectivity index (χ2n) is 4.53. The lowest BCUT2D eigenvalue weighted by atomic mass is 10.1. The molecule has 0 aliphatic carbocycles. The first-order chi connectivity index (χ1) is 9.34. The smallest absolute Gasteiger partial charge is 0.255 e. The van der Waals surface area contributed by atoms with Gasteiger partial charge in [-0.15, -0.1) is 0 Å². The fourth-order valence-electron chi connectivity index (χ4n) is 1.48. The zero-order valence-electron chi connectivity index (χ0n) is 11.6. The van der Waals surface area contributed by atoms with Crippen LogP contribution in [0.15, 0.2) is 16.6 Å². The molecule has 0 spiro atoms. The Morgan fingerprint density at radius 2 is 2.05 bits per heavy atom. The molecule has 1 rings (SSSR count). The molecule has 3 N–H and O–H groups in total. The van der Waals surface area contributed by atoms with Crippen molar-refractivity contribution in [1.82, 2.24) is 5.32 Å². The molecule has 1 atom stereocenters. The van der Waals surface area contributed by atoms with E-state index in [0.717, 1.165) is 0 Å². The molecule has 1 unspecified atom stereocenters. The molecular weight excluding hydrogens is 330 g/mol. The van der Waals surface area contributed by atoms with E-state index in [2.05, 4.69) is 21.2 Å². The second-order valence-corrected chi connectivity index (χ2v) is 5.38. The summed E-state index contributed by atoms with van der Waals surface area (Å²) in [5, 5.41) is 21.2. The number of nitrogens with one attached hydrogen (secondary N) is 1. The average Bonchev–Trinajstić information content (AvgIpc) is 2.43. The van der Waals surface area contributed by atoms with Gasteiger partial charge in [0.25, 0.3) is 5.91 Å². The summed E-state index contributed by atoms with van der Waals surface area (Å²) in [5.74, 6) is 0.429. The zero-order chi connectivity index (χ0) is 15.3. The summed E-state index contributed by atoms with van der Waals surface area (Å²) >= 11 is 3.30. The molecule has 0 saturated heterocycles. The molecular formula is C13H18BrNO5. The van der Waals surface area contributed by atoms with Gasteiger partial charge >= 0.3 is 0 Å². The Bertz CT molecular complexity index is 490. The molecule has 0 aromatic heterocycles. The van der Waals surface area contributed by atoms with Crippen molar-refractivity contribution in [3.05, 3.63) is 22.2 Å². The van der Waals surface area contributed by atoms with Crippen LogP contribution in [0.25, 0.3) is 0 Å². The van der Waals surface area contributed by atoms with Gasteiger partial charge in [0.2, 0.25) is 0 Å². The van der Waals surface area contributed by atoms with Crippen LogP contribution >= 0.6 is 15.9 Å². The molecule has 0 saturated carbocycles. The van der Waals surface area contributed by atoms with Crippen molar-refractivity contribution in [2.75, 3.05) is 27.4 Å². The third kappa shape index (κ3) is 4.09. The van der Waals surface area contributed by atoms with Gasteiger partial charge in [-0.2, -0.15) is 0 Å². The third-order valence-electron chi connectivity index (χ3n) is 2.67. The number of carbonyl (C=O) groups is 1. The van der Waals surface area contributed by atoms with Crippen molar-refractivity contribution in [3.8, 4) is 11.5 Å². The van der Waals surface area contributed by atoms with Crippen LogP contribution in [-0.4, -0.2) is 49.1 Å². The SMILES string of the molecule is COc1cc(Br)c(OC)c(C(=O)NCC(C)(O)CO)c1. The van der Waals surface area contributed by atoms with Crippen LogP contribution in [-0.2, 0) is 0 Å². The molecule has 0 radical (unpaired) electrons. The van der Waals surface area contributed by atoms with Gasteiger partial charge in [-0.25, -0.2) is 0 Å². The van der Waals surface area contributed by atoms with E-state index in [1.54, 1.807) is 6.07 Å². The Labute approximate surface area is 125 Å². The Hall–Kier alpha value is -1.31. The van der Waals surface area contributed by atoms with E-state index in [9.17, 15) is 9.90 Å². The van der Waals surface area contributed by atoms with E-state index in [-0.39, 0.29) is 12.1 Å². The summed E-state index contributed by atoms with van der Waals surface area (Å²) in [4.78, 5) is 12.1. The molecule has 0 heterocycles. The van der Waals surface area contributed by atoms with E-state index < -0.39 is 18.1 Å². The van der Waals surface area contributed by atoms with Gasteiger partial charge in [-0.05, 0) is 35.0 Å². The van der Waals surface area contributed by atoms with Crippen molar-refractivity contribution in [2.45, 2.75) is 12.5 Å². The highest BCUT2D eigenvalue weighted by Crippen LogP contribution is 2.33. The van der Waals surface area contributed by atoms with Crippen LogP contribution in [0, 0.1) is 0 Å². The van der Waals surface area contributed by atoms with E-state index >= 15 is 0 Å². The summed E-state index contributed by atoms with van der Waals surface area (Å²) in [6, 6.07) is 3.21. The van der Waals surface area contributed by atoms with Crippen molar-refractivity contribution in [3.63, 3.8) is 0 Å². The number of aliphatic hydroxyl groups is 2. The minimum Gasteiger partial charge on any atom is -0.497 e. The van der Waals surface area contributed by atoms with E-state index in [1.165, 1.54) is 27.2 Å². The van der Waals surface area contributed by atoms with Gasteiger partial charge in [0.15, 0.2) is 0 Å². The Morgan fingerprint density at radius 1 is 1.40 bits per heavy atom. The maximum Gasteiger partial charge on any atom is 0.255 e. The molecule has 20 heavy (non-hydrogen) atoms. The summed E-state index contributed by atoms with van der Waals surface area (Å²) in [6.07, 6.45) is 0. The summed E-state index contributed by atoms with van der Waals surface area (Å²) in [5.41, 5.74) is -1.11. The number of hydrogen-bond donors (Lipinski definition) is 3. The molecule has 1 aromatic rings. The summed E-state index contributed by atoms with van der Waals surface area (Å²) in [6.45, 7) is 0.887. The minimum absolute atomic E-state index is 0.0830. The van der Waals surface area contributed by atoms with Crippen LogP contribution in [0.4, 0.5) is 0 Å². The van der Waals surface area contributed by atoms with Gasteiger partial charge in [0.05, 0.1) is 30.9 Å². The number of hydrogen-bond acceptors (Lipinski definition) is 5. The Morgan fingerprint density at radius 3 is 2.55 bits per heavy atom. The molecule has 1 aromatic carbocycles. The van der Waals surface area contributed by atoms with E-state index in [4.69, 9.17) is 14.6 Å². The lowest BCUT2D eigenvalue weighted by molar-refractivity contribution is 0.00318. The third-order valence-corrected chi connectivity index (χ3v) is 3.26. The highest BCUT2D eigenvalue weighted by molar-refractivity contribution is 9.10. The van der Waals surface area contributed by atoms with Crippen molar-refractivity contribution in [1.29, 1.82) is 0 Å². The first-order valence-electron chi connectivity index (χ1n) is 5.87. The fourth-order valence-corrected chi connectivity index (χ4v) is 2.09. The summed E-state index contributed by atoms with van der Waals surface area (Å²) < 4.78 is 10.9. The zero-order valence-corrected chi connectivity index (χ0v) is 13.2. The second kappa shape index (κ2) is 6.92. The quantitative estimate of drug-likeness (QED) is 0.712. The number of ether oxygens (including phenoxy) is 2. The van der Waals surface area contributed by atoms with Gasteiger partial charge in [0.1, 0.15) is 17.1 Å². The molecule has 0 fully saturated rings. The number of carbonyl (C=O) groups excluding carboxylic acids is 1. The fraction of sp³-hybridized carbons (Fsp3) is 0.462. The van der Waals surface area contributed by atoms with Gasteiger partial charge in [-0.3, -0.25) is 4.79 Å². The molecule has 6 nitrogen and oxygen atoms in total. The lowest BCUT2D eigenvalue weighted by Gasteiger charge is -2.21. The monoisotopic (exact) mass is 347 g/mol. The van der Waals surface area contributed by atoms with Gasteiger partial charge in [-0.1, -0.05) is 0 Å². The standard InChI is InChI=1S/C13H18BrNO5/c1-13(18,7-16)6-15-12(17)9-4-8(19-2)5-10(14)11(9)20-3/h4-5,16,18H,6-7H2,1-3H3,(H,15,17). The normalized spacial score (nSPS) is 13.5. The van der Waals surface area contributed by atoms with Crippen LogP contribution < -0.4 is 14.8 Å². The number of aliphatic hydroxyl groups excluding tert-OH is 1. The molecule has 7 heteroatoms. The van der Waals surface area contributed by atoms with Crippen LogP contribution in [0.5, 0.6) is 11.5 Å². The average molecular weight is 348 g/mol. The van der Waals surface area contributed by atoms with E-state index in [1.807, 2.05) is 0 Å². The number of methoxy groups -OCH3 is 2. The largest absolute Gasteiger partial charge is 0.497 e. The Balaban J connectivity index is 2.99. The van der Waals surface area contributed by atoms with Gasteiger partial charge in [0, 0.05) is 6.54 Å². The topological polar surface area (TPSA) is 88.0 Å². The molecule has 0 aliphatic heterocycles. The molecule has 112 valence electrons. The maximum absolute atomic E-state index is 12.1. The maximum atomic E-state index is 12.1. The van der Waals surface area contributed by atoms with E-state index in [0.29, 0.717) is 16.0 Å². The van der Waals surface area contributed by atoms with Crippen LogP contribution in [0.1, 0.15) is 17.3 Å². The molecule has 0 aliphatic rings. The van der Waals surface area contributed by atoms with Crippen molar-refractivity contribution < 1.29 is 24.5 Å². The number of rotatable bonds is 6. The van der Waals surface area contributed by atoms with Gasteiger partial charge < -0.3 is 25.0 Å². The lowest BCUT2D eigenvalue weighted by Crippen LogP contribution is -2.43. The van der Waals surface area contributed by atoms with Crippen LogP contribution in [0.3, 0.4) is 0 Å². The van der Waals surface area contributed by atoms with Crippen molar-refractivity contribution in [2.24, 2.45) is 0 Å². The molecule has 0 bridgehead atoms. The summed E-state index contributed by atoms with van der Waals surface area (Å²) in [7, 11) is 2.94. The highest BCUT2D eigenvalue weighted by Gasteiger charge is 2.22.